The molecule has 0 aromatic heterocycles. The average molecular weight is 281 g/mol. The number of nitrogens with one attached hydrogen (secondary N) is 1. The van der Waals surface area contributed by atoms with E-state index in [1.165, 1.54) is 52.0 Å². The molecule has 3 heteroatoms. The normalized spacial score (nSPS) is 32.7. The summed E-state index contributed by atoms with van der Waals surface area (Å²) in [5.41, 5.74) is 0.521. The first-order valence-electron chi connectivity index (χ1n) is 8.55. The molecule has 0 aromatic carbocycles. The van der Waals surface area contributed by atoms with Crippen LogP contribution in [0.1, 0.15) is 47.0 Å². The molecule has 0 bridgehead atoms. The standard InChI is InChI=1S/C17H35N3/c1-14(2)13-19-8-10-20(11-9-19)16-12-17(3,4)7-6-15(16)18-5/h14-16,18H,6-13H2,1-5H3. The predicted octanol–water partition coefficient (Wildman–Crippen LogP) is 2.43. The molecule has 118 valence electrons. The Kier molecular flexibility index (Phi) is 5.49. The monoisotopic (exact) mass is 281 g/mol. The van der Waals surface area contributed by atoms with Crippen LogP contribution in [-0.2, 0) is 0 Å². The summed E-state index contributed by atoms with van der Waals surface area (Å²) in [4.78, 5) is 5.41. The van der Waals surface area contributed by atoms with Gasteiger partial charge in [-0.25, -0.2) is 0 Å². The van der Waals surface area contributed by atoms with E-state index in [2.05, 4.69) is 49.9 Å². The van der Waals surface area contributed by atoms with Gasteiger partial charge in [-0.1, -0.05) is 27.7 Å². The Bertz CT molecular complexity index is 293. The van der Waals surface area contributed by atoms with E-state index >= 15 is 0 Å². The van der Waals surface area contributed by atoms with Gasteiger partial charge in [0.05, 0.1) is 0 Å². The number of nitrogens with zero attached hydrogens (tertiary/aromatic N) is 2. The maximum absolute atomic E-state index is 3.58. The van der Waals surface area contributed by atoms with E-state index in [0.717, 1.165) is 12.0 Å². The van der Waals surface area contributed by atoms with Crippen LogP contribution in [0.25, 0.3) is 0 Å². The lowest BCUT2D eigenvalue weighted by Gasteiger charge is -2.48. The quantitative estimate of drug-likeness (QED) is 0.854. The maximum atomic E-state index is 3.58. The van der Waals surface area contributed by atoms with E-state index in [9.17, 15) is 0 Å². The van der Waals surface area contributed by atoms with Gasteiger partial charge < -0.3 is 10.2 Å². The van der Waals surface area contributed by atoms with Gasteiger partial charge in [0.15, 0.2) is 0 Å². The Morgan fingerprint density at radius 1 is 1.15 bits per heavy atom. The highest BCUT2D eigenvalue weighted by Gasteiger charge is 2.38. The average Bonchev–Trinajstić information content (AvgIpc) is 2.38. The minimum Gasteiger partial charge on any atom is -0.315 e. The molecule has 0 amide bonds. The van der Waals surface area contributed by atoms with Gasteiger partial charge in [-0.2, -0.15) is 0 Å². The molecule has 2 fully saturated rings. The van der Waals surface area contributed by atoms with Crippen molar-refractivity contribution >= 4 is 0 Å². The molecule has 20 heavy (non-hydrogen) atoms. The largest absolute Gasteiger partial charge is 0.315 e. The molecule has 3 nitrogen and oxygen atoms in total. The fourth-order valence-corrected chi connectivity index (χ4v) is 4.06. The minimum absolute atomic E-state index is 0.521. The molecule has 2 rings (SSSR count). The molecule has 1 saturated heterocycles. The maximum Gasteiger partial charge on any atom is 0.0255 e. The van der Waals surface area contributed by atoms with Crippen molar-refractivity contribution in [3.63, 3.8) is 0 Å². The van der Waals surface area contributed by atoms with Crippen LogP contribution >= 0.6 is 0 Å². The van der Waals surface area contributed by atoms with Crippen LogP contribution in [0, 0.1) is 11.3 Å². The van der Waals surface area contributed by atoms with Crippen molar-refractivity contribution in [3.8, 4) is 0 Å². The first-order chi connectivity index (χ1) is 9.41. The van der Waals surface area contributed by atoms with Crippen molar-refractivity contribution in [2.75, 3.05) is 39.8 Å². The van der Waals surface area contributed by atoms with E-state index in [0.29, 0.717) is 11.5 Å². The van der Waals surface area contributed by atoms with Gasteiger partial charge in [0.2, 0.25) is 0 Å². The first kappa shape index (κ1) is 16.3. The molecular weight excluding hydrogens is 246 g/mol. The molecule has 2 aliphatic rings. The Morgan fingerprint density at radius 2 is 1.80 bits per heavy atom. The summed E-state index contributed by atoms with van der Waals surface area (Å²) in [6, 6.07) is 1.43. The molecule has 0 aromatic rings. The zero-order valence-corrected chi connectivity index (χ0v) is 14.3. The second kappa shape index (κ2) is 6.76. The van der Waals surface area contributed by atoms with E-state index < -0.39 is 0 Å². The van der Waals surface area contributed by atoms with Crippen LogP contribution in [0.4, 0.5) is 0 Å². The molecule has 2 unspecified atom stereocenters. The van der Waals surface area contributed by atoms with Crippen LogP contribution in [0.15, 0.2) is 0 Å². The van der Waals surface area contributed by atoms with Gasteiger partial charge in [-0.3, -0.25) is 4.90 Å². The minimum atomic E-state index is 0.521. The molecule has 0 radical (unpaired) electrons. The van der Waals surface area contributed by atoms with E-state index in [1.54, 1.807) is 0 Å². The Hall–Kier alpha value is -0.120. The van der Waals surface area contributed by atoms with Crippen LogP contribution in [0.5, 0.6) is 0 Å². The summed E-state index contributed by atoms with van der Waals surface area (Å²) in [5.74, 6) is 0.792. The highest BCUT2D eigenvalue weighted by molar-refractivity contribution is 4.95. The zero-order chi connectivity index (χ0) is 14.8. The molecule has 0 spiro atoms. The Balaban J connectivity index is 1.90. The van der Waals surface area contributed by atoms with Crippen molar-refractivity contribution in [1.82, 2.24) is 15.1 Å². The topological polar surface area (TPSA) is 18.5 Å². The van der Waals surface area contributed by atoms with E-state index in [4.69, 9.17) is 0 Å². The lowest BCUT2D eigenvalue weighted by molar-refractivity contribution is 0.0281. The third-order valence-corrected chi connectivity index (χ3v) is 5.23. The summed E-state index contributed by atoms with van der Waals surface area (Å²) < 4.78 is 0. The van der Waals surface area contributed by atoms with Crippen LogP contribution in [0.2, 0.25) is 0 Å². The van der Waals surface area contributed by atoms with Gasteiger partial charge in [0.25, 0.3) is 0 Å². The van der Waals surface area contributed by atoms with Crippen molar-refractivity contribution in [1.29, 1.82) is 0 Å². The fourth-order valence-electron chi connectivity index (χ4n) is 4.06. The zero-order valence-electron chi connectivity index (χ0n) is 14.3. The lowest BCUT2D eigenvalue weighted by atomic mass is 9.72. The number of hydrogen-bond acceptors (Lipinski definition) is 3. The number of hydrogen-bond donors (Lipinski definition) is 1. The van der Waals surface area contributed by atoms with E-state index in [1.807, 2.05) is 0 Å². The smallest absolute Gasteiger partial charge is 0.0255 e. The number of piperazine rings is 1. The molecule has 1 aliphatic heterocycles. The van der Waals surface area contributed by atoms with Crippen molar-refractivity contribution in [2.24, 2.45) is 11.3 Å². The molecular formula is C17H35N3. The van der Waals surface area contributed by atoms with Crippen LogP contribution in [-0.4, -0.2) is 61.7 Å². The number of likely N-dealkylation sites (N-methyl/N-ethyl adjacent to an activating group) is 1. The summed E-state index contributed by atoms with van der Waals surface area (Å²) in [5, 5.41) is 3.58. The van der Waals surface area contributed by atoms with Gasteiger partial charge in [-0.05, 0) is 37.6 Å². The Morgan fingerprint density at radius 3 is 2.35 bits per heavy atom. The van der Waals surface area contributed by atoms with E-state index in [-0.39, 0.29) is 0 Å². The van der Waals surface area contributed by atoms with Gasteiger partial charge in [0.1, 0.15) is 0 Å². The second-order valence-corrected chi connectivity index (χ2v) is 8.10. The van der Waals surface area contributed by atoms with Crippen molar-refractivity contribution in [2.45, 2.75) is 59.0 Å². The summed E-state index contributed by atoms with van der Waals surface area (Å²) in [6.45, 7) is 15.8. The number of rotatable bonds is 4. The molecule has 1 heterocycles. The third-order valence-electron chi connectivity index (χ3n) is 5.23. The first-order valence-corrected chi connectivity index (χ1v) is 8.55. The highest BCUT2D eigenvalue weighted by Crippen LogP contribution is 2.37. The molecule has 1 aliphatic carbocycles. The van der Waals surface area contributed by atoms with Crippen molar-refractivity contribution < 1.29 is 0 Å². The molecule has 1 N–H and O–H groups in total. The second-order valence-electron chi connectivity index (χ2n) is 8.10. The Labute approximate surface area is 126 Å². The highest BCUT2D eigenvalue weighted by atomic mass is 15.3. The van der Waals surface area contributed by atoms with Crippen LogP contribution in [0.3, 0.4) is 0 Å². The fraction of sp³-hybridized carbons (Fsp3) is 1.00. The predicted molar refractivity (Wildman–Crippen MR) is 87.1 cm³/mol. The summed E-state index contributed by atoms with van der Waals surface area (Å²) in [6.07, 6.45) is 4.05. The SMILES string of the molecule is CNC1CCC(C)(C)CC1N1CCN(CC(C)C)CC1. The van der Waals surface area contributed by atoms with Crippen LogP contribution < -0.4 is 5.32 Å². The molecule has 1 saturated carbocycles. The third kappa shape index (κ3) is 4.19. The van der Waals surface area contributed by atoms with Gasteiger partial charge in [0, 0.05) is 44.8 Å². The summed E-state index contributed by atoms with van der Waals surface area (Å²) in [7, 11) is 2.14. The lowest BCUT2D eigenvalue weighted by Crippen LogP contribution is -2.59. The molecule has 2 atom stereocenters. The summed E-state index contributed by atoms with van der Waals surface area (Å²) >= 11 is 0. The van der Waals surface area contributed by atoms with Crippen molar-refractivity contribution in [3.05, 3.63) is 0 Å². The van der Waals surface area contributed by atoms with Gasteiger partial charge >= 0.3 is 0 Å². The van der Waals surface area contributed by atoms with Gasteiger partial charge in [-0.15, -0.1) is 0 Å².